The molecule has 0 aliphatic carbocycles. The summed E-state index contributed by atoms with van der Waals surface area (Å²) in [4.78, 5) is 26.2. The monoisotopic (exact) mass is 248 g/mol. The first-order valence-electron chi connectivity index (χ1n) is 5.40. The molecule has 2 rings (SSSR count). The summed E-state index contributed by atoms with van der Waals surface area (Å²) in [5.74, 6) is -0.450. The van der Waals surface area contributed by atoms with Crippen LogP contribution in [0.2, 0.25) is 0 Å². The Labute approximate surface area is 102 Å². The van der Waals surface area contributed by atoms with E-state index in [1.54, 1.807) is 19.1 Å². The van der Waals surface area contributed by atoms with Gasteiger partial charge in [-0.2, -0.15) is 4.52 Å². The summed E-state index contributed by atoms with van der Waals surface area (Å²) >= 11 is 0. The molecule has 0 aliphatic rings. The van der Waals surface area contributed by atoms with Gasteiger partial charge in [-0.1, -0.05) is 0 Å². The summed E-state index contributed by atoms with van der Waals surface area (Å²) in [6.45, 7) is 1.99. The van der Waals surface area contributed by atoms with Crippen molar-refractivity contribution in [2.45, 2.75) is 13.3 Å². The van der Waals surface area contributed by atoms with Crippen LogP contribution < -0.4 is 10.9 Å². The van der Waals surface area contributed by atoms with Crippen LogP contribution in [0.4, 0.5) is 5.82 Å². The number of aromatic nitrogens is 3. The fourth-order valence-corrected chi connectivity index (χ4v) is 1.51. The van der Waals surface area contributed by atoms with Crippen molar-refractivity contribution in [2.75, 3.05) is 11.9 Å². The number of carboxylic acids is 1. The number of hydrogen-bond acceptors (Lipinski definition) is 5. The third-order valence-corrected chi connectivity index (χ3v) is 2.29. The van der Waals surface area contributed by atoms with E-state index in [0.717, 1.165) is 0 Å². The predicted molar refractivity (Wildman–Crippen MR) is 64.7 cm³/mol. The van der Waals surface area contributed by atoms with Crippen LogP contribution in [0, 0.1) is 6.92 Å². The zero-order chi connectivity index (χ0) is 13.1. The fraction of sp³-hybridized carbons (Fsp3) is 0.273. The average molecular weight is 248 g/mol. The fourth-order valence-electron chi connectivity index (χ4n) is 1.51. The lowest BCUT2D eigenvalue weighted by Crippen LogP contribution is -2.19. The number of hydrogen-bond donors (Lipinski definition) is 2. The van der Waals surface area contributed by atoms with Crippen molar-refractivity contribution in [1.82, 2.24) is 14.6 Å². The van der Waals surface area contributed by atoms with E-state index in [-0.39, 0.29) is 18.5 Å². The largest absolute Gasteiger partial charge is 0.481 e. The Hall–Kier alpha value is -2.44. The van der Waals surface area contributed by atoms with E-state index in [9.17, 15) is 9.59 Å². The molecule has 7 nitrogen and oxygen atoms in total. The maximum atomic E-state index is 11.7. The van der Waals surface area contributed by atoms with Crippen molar-refractivity contribution in [1.29, 1.82) is 0 Å². The van der Waals surface area contributed by atoms with E-state index in [1.807, 2.05) is 0 Å². The van der Waals surface area contributed by atoms with Gasteiger partial charge in [0.1, 0.15) is 5.82 Å². The highest BCUT2D eigenvalue weighted by atomic mass is 16.4. The zero-order valence-electron chi connectivity index (χ0n) is 9.75. The molecule has 0 aliphatic heterocycles. The van der Waals surface area contributed by atoms with Crippen molar-refractivity contribution in [2.24, 2.45) is 0 Å². The molecule has 0 spiro atoms. The smallest absolute Gasteiger partial charge is 0.305 e. The van der Waals surface area contributed by atoms with Crippen molar-refractivity contribution in [3.05, 3.63) is 34.2 Å². The van der Waals surface area contributed by atoms with Gasteiger partial charge >= 0.3 is 5.97 Å². The van der Waals surface area contributed by atoms with Crippen LogP contribution in [0.15, 0.2) is 23.0 Å². The molecule has 2 aromatic heterocycles. The van der Waals surface area contributed by atoms with E-state index in [2.05, 4.69) is 15.4 Å². The van der Waals surface area contributed by atoms with Crippen molar-refractivity contribution in [3.8, 4) is 0 Å². The summed E-state index contributed by atoms with van der Waals surface area (Å²) in [5.41, 5.74) is 0.830. The van der Waals surface area contributed by atoms with Gasteiger partial charge < -0.3 is 10.4 Å². The predicted octanol–water partition coefficient (Wildman–Crippen LogP) is 0.285. The molecule has 2 heterocycles. The highest BCUT2D eigenvalue weighted by molar-refractivity contribution is 5.67. The third kappa shape index (κ3) is 2.62. The van der Waals surface area contributed by atoms with Crippen molar-refractivity contribution in [3.63, 3.8) is 0 Å². The molecular formula is C11H12N4O3. The molecule has 2 N–H and O–H groups in total. The van der Waals surface area contributed by atoms with Gasteiger partial charge in [0.05, 0.1) is 6.42 Å². The van der Waals surface area contributed by atoms with Crippen LogP contribution in [-0.4, -0.2) is 32.2 Å². The normalized spacial score (nSPS) is 10.5. The van der Waals surface area contributed by atoms with Crippen molar-refractivity contribution < 1.29 is 9.90 Å². The van der Waals surface area contributed by atoms with Gasteiger partial charge in [-0.15, -0.1) is 5.10 Å². The second-order valence-corrected chi connectivity index (χ2v) is 3.79. The Morgan fingerprint density at radius 2 is 2.28 bits per heavy atom. The van der Waals surface area contributed by atoms with Gasteiger partial charge in [-0.05, 0) is 19.1 Å². The number of rotatable bonds is 4. The van der Waals surface area contributed by atoms with Crippen LogP contribution >= 0.6 is 0 Å². The highest BCUT2D eigenvalue weighted by Gasteiger charge is 2.03. The number of fused-ring (bicyclic) bond motifs is 1. The van der Waals surface area contributed by atoms with Gasteiger partial charge in [-0.25, -0.2) is 4.98 Å². The van der Waals surface area contributed by atoms with Crippen LogP contribution in [0.1, 0.15) is 12.1 Å². The first kappa shape index (κ1) is 12.0. The third-order valence-electron chi connectivity index (χ3n) is 2.29. The highest BCUT2D eigenvalue weighted by Crippen LogP contribution is 2.04. The number of carboxylic acid groups (broad SMARTS) is 1. The molecule has 0 unspecified atom stereocenters. The molecule has 0 saturated heterocycles. The van der Waals surface area contributed by atoms with Crippen LogP contribution in [0.3, 0.4) is 0 Å². The Morgan fingerprint density at radius 3 is 3.00 bits per heavy atom. The SMILES string of the molecule is Cc1cc(=O)n2nc(NCCC(=O)O)ccc2n1. The van der Waals surface area contributed by atoms with Crippen LogP contribution in [-0.2, 0) is 4.79 Å². The van der Waals surface area contributed by atoms with E-state index in [1.165, 1.54) is 10.6 Å². The molecule has 0 amide bonds. The van der Waals surface area contributed by atoms with E-state index in [4.69, 9.17) is 5.11 Å². The lowest BCUT2D eigenvalue weighted by atomic mass is 10.4. The van der Waals surface area contributed by atoms with Gasteiger partial charge in [0.25, 0.3) is 5.56 Å². The molecular weight excluding hydrogens is 236 g/mol. The first-order chi connectivity index (χ1) is 8.56. The van der Waals surface area contributed by atoms with E-state index >= 15 is 0 Å². The maximum Gasteiger partial charge on any atom is 0.305 e. The molecule has 0 bridgehead atoms. The molecule has 94 valence electrons. The van der Waals surface area contributed by atoms with Gasteiger partial charge in [0.2, 0.25) is 0 Å². The molecule has 0 saturated carbocycles. The van der Waals surface area contributed by atoms with Crippen molar-refractivity contribution >= 4 is 17.4 Å². The first-order valence-corrected chi connectivity index (χ1v) is 5.40. The second kappa shape index (κ2) is 4.82. The Morgan fingerprint density at radius 1 is 1.50 bits per heavy atom. The number of aryl methyl sites for hydroxylation is 1. The van der Waals surface area contributed by atoms with Gasteiger partial charge in [0.15, 0.2) is 5.65 Å². The summed E-state index contributed by atoms with van der Waals surface area (Å²) in [6.07, 6.45) is -0.0131. The molecule has 7 heteroatoms. The number of nitrogens with zero attached hydrogens (tertiary/aromatic N) is 3. The zero-order valence-corrected chi connectivity index (χ0v) is 9.75. The summed E-state index contributed by atoms with van der Waals surface area (Å²) in [7, 11) is 0. The Balaban J connectivity index is 2.27. The number of nitrogens with one attached hydrogen (secondary N) is 1. The van der Waals surface area contributed by atoms with Crippen LogP contribution in [0.25, 0.3) is 5.65 Å². The Bertz CT molecular complexity index is 650. The van der Waals surface area contributed by atoms with Crippen LogP contribution in [0.5, 0.6) is 0 Å². The lowest BCUT2D eigenvalue weighted by molar-refractivity contribution is -0.136. The quantitative estimate of drug-likeness (QED) is 0.807. The number of aliphatic carboxylic acids is 1. The van der Waals surface area contributed by atoms with Gasteiger partial charge in [0, 0.05) is 18.3 Å². The molecule has 0 atom stereocenters. The minimum Gasteiger partial charge on any atom is -0.481 e. The topological polar surface area (TPSA) is 96.6 Å². The number of anilines is 1. The molecule has 0 fully saturated rings. The summed E-state index contributed by atoms with van der Waals surface area (Å²) in [6, 6.07) is 4.70. The average Bonchev–Trinajstić information content (AvgIpc) is 2.29. The number of carbonyl (C=O) groups is 1. The summed E-state index contributed by atoms with van der Waals surface area (Å²) in [5, 5.41) is 15.4. The molecule has 0 radical (unpaired) electrons. The second-order valence-electron chi connectivity index (χ2n) is 3.79. The van der Waals surface area contributed by atoms with Gasteiger partial charge in [-0.3, -0.25) is 9.59 Å². The molecule has 18 heavy (non-hydrogen) atoms. The standard InChI is InChI=1S/C11H12N4O3/c1-7-6-10(16)15-9(13-7)3-2-8(14-15)12-5-4-11(17)18/h2-3,6H,4-5H2,1H3,(H,12,14)(H,17,18). The van der Waals surface area contributed by atoms with E-state index < -0.39 is 5.97 Å². The minimum atomic E-state index is -0.891. The summed E-state index contributed by atoms with van der Waals surface area (Å²) < 4.78 is 1.18. The molecule has 0 aromatic carbocycles. The molecule has 2 aromatic rings. The Kier molecular flexibility index (Phi) is 3.22. The maximum absolute atomic E-state index is 11.7. The van der Waals surface area contributed by atoms with E-state index in [0.29, 0.717) is 17.2 Å². The lowest BCUT2D eigenvalue weighted by Gasteiger charge is -2.05. The minimum absolute atomic E-state index is 0.0131.